The van der Waals surface area contributed by atoms with Gasteiger partial charge in [0.1, 0.15) is 0 Å². The first-order valence-corrected chi connectivity index (χ1v) is 7.42. The van der Waals surface area contributed by atoms with Gasteiger partial charge in [-0.25, -0.2) is 0 Å². The van der Waals surface area contributed by atoms with E-state index >= 15 is 0 Å². The molecule has 2 nitrogen and oxygen atoms in total. The van der Waals surface area contributed by atoms with Crippen LogP contribution in [0.15, 0.2) is 0 Å². The first-order valence-electron chi connectivity index (χ1n) is 7.42. The molecule has 1 aliphatic carbocycles. The van der Waals surface area contributed by atoms with E-state index in [4.69, 9.17) is 4.74 Å². The Labute approximate surface area is 108 Å². The molecule has 0 spiro atoms. The molecule has 1 saturated carbocycles. The molecular weight excluding hydrogens is 210 g/mol. The van der Waals surface area contributed by atoms with Crippen LogP contribution in [0, 0.1) is 11.8 Å². The highest BCUT2D eigenvalue weighted by molar-refractivity contribution is 4.79. The molecule has 2 heteroatoms. The average molecular weight is 241 g/mol. The summed E-state index contributed by atoms with van der Waals surface area (Å²) in [6.07, 6.45) is 7.12. The minimum atomic E-state index is 0.585. The molecule has 1 fully saturated rings. The van der Waals surface area contributed by atoms with Crippen LogP contribution in [0.1, 0.15) is 52.9 Å². The van der Waals surface area contributed by atoms with Crippen molar-refractivity contribution in [3.63, 3.8) is 0 Å². The largest absolute Gasteiger partial charge is 0.378 e. The fraction of sp³-hybridized carbons (Fsp3) is 1.00. The molecule has 0 heterocycles. The summed E-state index contributed by atoms with van der Waals surface area (Å²) in [7, 11) is 2.21. The second kappa shape index (κ2) is 8.10. The van der Waals surface area contributed by atoms with Gasteiger partial charge in [-0.3, -0.25) is 0 Å². The predicted molar refractivity (Wildman–Crippen MR) is 74.3 cm³/mol. The molecule has 0 aromatic rings. The van der Waals surface area contributed by atoms with Crippen molar-refractivity contribution < 1.29 is 4.74 Å². The van der Waals surface area contributed by atoms with E-state index in [-0.39, 0.29) is 0 Å². The number of hydrogen-bond donors (Lipinski definition) is 0. The zero-order valence-electron chi connectivity index (χ0n) is 12.2. The molecule has 17 heavy (non-hydrogen) atoms. The van der Waals surface area contributed by atoms with Crippen molar-refractivity contribution in [3.8, 4) is 0 Å². The quantitative estimate of drug-likeness (QED) is 0.572. The van der Waals surface area contributed by atoms with Crippen LogP contribution in [0.4, 0.5) is 0 Å². The Bertz CT molecular complexity index is 187. The lowest BCUT2D eigenvalue weighted by Gasteiger charge is -2.35. The highest BCUT2D eigenvalue weighted by Gasteiger charge is 2.28. The molecule has 1 rings (SSSR count). The summed E-state index contributed by atoms with van der Waals surface area (Å²) in [5.74, 6) is 1.73. The maximum absolute atomic E-state index is 5.88. The first kappa shape index (κ1) is 15.0. The van der Waals surface area contributed by atoms with Crippen LogP contribution in [0.5, 0.6) is 0 Å². The minimum Gasteiger partial charge on any atom is -0.378 e. The van der Waals surface area contributed by atoms with Gasteiger partial charge in [-0.15, -0.1) is 0 Å². The van der Waals surface area contributed by atoms with Crippen LogP contribution in [-0.4, -0.2) is 37.7 Å². The van der Waals surface area contributed by atoms with E-state index in [1.54, 1.807) is 0 Å². The van der Waals surface area contributed by atoms with Crippen molar-refractivity contribution >= 4 is 0 Å². The lowest BCUT2D eigenvalue weighted by Crippen LogP contribution is -2.32. The monoisotopic (exact) mass is 241 g/mol. The second-order valence-corrected chi connectivity index (χ2v) is 6.13. The molecule has 102 valence electrons. The van der Waals surface area contributed by atoms with Crippen LogP contribution < -0.4 is 0 Å². The van der Waals surface area contributed by atoms with E-state index in [2.05, 4.69) is 32.7 Å². The third kappa shape index (κ3) is 6.42. The van der Waals surface area contributed by atoms with E-state index in [1.807, 2.05) is 0 Å². The smallest absolute Gasteiger partial charge is 0.0580 e. The van der Waals surface area contributed by atoms with Gasteiger partial charge in [0, 0.05) is 19.7 Å². The third-order valence-electron chi connectivity index (χ3n) is 3.60. The van der Waals surface area contributed by atoms with E-state index < -0.39 is 0 Å². The molecule has 0 aliphatic heterocycles. The molecular formula is C15H31NO. The van der Waals surface area contributed by atoms with Gasteiger partial charge in [-0.2, -0.15) is 0 Å². The lowest BCUT2D eigenvalue weighted by atomic mass is 9.79. The van der Waals surface area contributed by atoms with E-state index in [1.165, 1.54) is 45.2 Å². The molecule has 0 N–H and O–H groups in total. The molecule has 0 aromatic heterocycles. The Kier molecular flexibility index (Phi) is 7.14. The van der Waals surface area contributed by atoms with Gasteiger partial charge in [0.05, 0.1) is 6.10 Å². The van der Waals surface area contributed by atoms with Crippen LogP contribution >= 0.6 is 0 Å². The van der Waals surface area contributed by atoms with Crippen LogP contribution in [0.2, 0.25) is 0 Å². The summed E-state index contributed by atoms with van der Waals surface area (Å²) in [6, 6.07) is 0. The van der Waals surface area contributed by atoms with Gasteiger partial charge in [0.25, 0.3) is 0 Å². The zero-order chi connectivity index (χ0) is 12.7. The van der Waals surface area contributed by atoms with Crippen LogP contribution in [-0.2, 0) is 4.74 Å². The standard InChI is InChI=1S/C15H31NO/c1-5-7-14-10-15(11-14)17-9-6-8-16(4)12-13(2)3/h13-15H,5-12H2,1-4H3/t14-,15-. The van der Waals surface area contributed by atoms with Gasteiger partial charge in [-0.1, -0.05) is 33.6 Å². The number of rotatable bonds is 9. The van der Waals surface area contributed by atoms with E-state index in [0.29, 0.717) is 6.10 Å². The van der Waals surface area contributed by atoms with Crippen molar-refractivity contribution in [1.82, 2.24) is 4.90 Å². The Hall–Kier alpha value is -0.0800. The molecule has 0 aromatic carbocycles. The van der Waals surface area contributed by atoms with Crippen LogP contribution in [0.3, 0.4) is 0 Å². The molecule has 0 radical (unpaired) electrons. The topological polar surface area (TPSA) is 12.5 Å². The van der Waals surface area contributed by atoms with Crippen molar-refractivity contribution in [2.24, 2.45) is 11.8 Å². The minimum absolute atomic E-state index is 0.585. The normalized spacial score (nSPS) is 24.4. The Morgan fingerprint density at radius 3 is 2.59 bits per heavy atom. The predicted octanol–water partition coefficient (Wildman–Crippen LogP) is 3.56. The molecule has 1 aliphatic rings. The number of ether oxygens (including phenoxy) is 1. The van der Waals surface area contributed by atoms with Gasteiger partial charge in [0.2, 0.25) is 0 Å². The van der Waals surface area contributed by atoms with E-state index in [0.717, 1.165) is 18.4 Å². The van der Waals surface area contributed by atoms with Gasteiger partial charge < -0.3 is 9.64 Å². The van der Waals surface area contributed by atoms with Crippen molar-refractivity contribution in [3.05, 3.63) is 0 Å². The summed E-state index contributed by atoms with van der Waals surface area (Å²) in [6.45, 7) is 10.1. The Morgan fingerprint density at radius 2 is 2.00 bits per heavy atom. The third-order valence-corrected chi connectivity index (χ3v) is 3.60. The van der Waals surface area contributed by atoms with Crippen molar-refractivity contribution in [1.29, 1.82) is 0 Å². The summed E-state index contributed by atoms with van der Waals surface area (Å²) < 4.78 is 5.88. The van der Waals surface area contributed by atoms with Gasteiger partial charge >= 0.3 is 0 Å². The molecule has 0 amide bonds. The fourth-order valence-corrected chi connectivity index (χ4v) is 2.75. The zero-order valence-corrected chi connectivity index (χ0v) is 12.2. The summed E-state index contributed by atoms with van der Waals surface area (Å²) in [5.41, 5.74) is 0. The van der Waals surface area contributed by atoms with Gasteiger partial charge in [-0.05, 0) is 38.1 Å². The summed E-state index contributed by atoms with van der Waals surface area (Å²) in [5, 5.41) is 0. The number of nitrogens with zero attached hydrogens (tertiary/aromatic N) is 1. The average Bonchev–Trinajstić information content (AvgIpc) is 2.18. The van der Waals surface area contributed by atoms with Crippen molar-refractivity contribution in [2.45, 2.75) is 59.0 Å². The SMILES string of the molecule is CCC[C@H]1C[C@H](OCCCN(C)CC(C)C)C1. The lowest BCUT2D eigenvalue weighted by molar-refractivity contribution is -0.0349. The Balaban J connectivity index is 1.88. The molecule has 0 saturated heterocycles. The van der Waals surface area contributed by atoms with Gasteiger partial charge in [0.15, 0.2) is 0 Å². The molecule has 0 bridgehead atoms. The summed E-state index contributed by atoms with van der Waals surface area (Å²) >= 11 is 0. The highest BCUT2D eigenvalue weighted by Crippen LogP contribution is 2.33. The second-order valence-electron chi connectivity index (χ2n) is 6.13. The maximum atomic E-state index is 5.88. The summed E-state index contributed by atoms with van der Waals surface area (Å²) in [4.78, 5) is 2.41. The molecule has 0 unspecified atom stereocenters. The Morgan fingerprint density at radius 1 is 1.29 bits per heavy atom. The van der Waals surface area contributed by atoms with E-state index in [9.17, 15) is 0 Å². The van der Waals surface area contributed by atoms with Crippen LogP contribution in [0.25, 0.3) is 0 Å². The highest BCUT2D eigenvalue weighted by atomic mass is 16.5. The fourth-order valence-electron chi connectivity index (χ4n) is 2.75. The molecule has 0 atom stereocenters. The first-order chi connectivity index (χ1) is 8.11. The number of hydrogen-bond acceptors (Lipinski definition) is 2. The van der Waals surface area contributed by atoms with Crippen molar-refractivity contribution in [2.75, 3.05) is 26.7 Å². The maximum Gasteiger partial charge on any atom is 0.0580 e.